The van der Waals surface area contributed by atoms with Crippen LogP contribution in [0, 0.1) is 0 Å². The second-order valence-electron chi connectivity index (χ2n) is 6.74. The minimum atomic E-state index is -1.61. The zero-order valence-corrected chi connectivity index (χ0v) is 17.4. The molecule has 172 valence electrons. The van der Waals surface area contributed by atoms with Crippen molar-refractivity contribution in [3.8, 4) is 0 Å². The maximum atomic E-state index is 12.5. The number of imide groups is 1. The fourth-order valence-electron chi connectivity index (χ4n) is 3.25. The van der Waals surface area contributed by atoms with Crippen LogP contribution in [0.1, 0.15) is 27.7 Å². The minimum Gasteiger partial charge on any atom is -0.463 e. The minimum absolute atomic E-state index is 0.458. The Bertz CT molecular complexity index is 749. The summed E-state index contributed by atoms with van der Waals surface area (Å²) in [5.74, 6) is -4.77. The van der Waals surface area contributed by atoms with E-state index in [2.05, 4.69) is 0 Å². The first-order valence-electron chi connectivity index (χ1n) is 9.24. The van der Waals surface area contributed by atoms with Gasteiger partial charge in [0.25, 0.3) is 11.8 Å². The Balaban J connectivity index is 2.54. The molecule has 13 nitrogen and oxygen atoms in total. The molecule has 5 atom stereocenters. The SMILES string of the molecule is CC(=O)OC[C@H]1O[C@@H](OC(C)=O)[C@H](N2C(=O)COCC2=O)[C@@H](OC(C)=O)[C@@H]1OC(C)=O. The average molecular weight is 445 g/mol. The quantitative estimate of drug-likeness (QED) is 0.263. The van der Waals surface area contributed by atoms with Gasteiger partial charge in [-0.05, 0) is 0 Å². The van der Waals surface area contributed by atoms with E-state index in [0.29, 0.717) is 4.90 Å². The Kier molecular flexibility index (Phi) is 8.05. The first-order chi connectivity index (χ1) is 14.5. The van der Waals surface area contributed by atoms with Crippen LogP contribution in [0.2, 0.25) is 0 Å². The van der Waals surface area contributed by atoms with Crippen molar-refractivity contribution in [1.29, 1.82) is 0 Å². The molecule has 0 spiro atoms. The fourth-order valence-corrected chi connectivity index (χ4v) is 3.25. The van der Waals surface area contributed by atoms with Gasteiger partial charge in [0.1, 0.15) is 32.0 Å². The van der Waals surface area contributed by atoms with E-state index in [1.165, 1.54) is 0 Å². The van der Waals surface area contributed by atoms with Crippen molar-refractivity contribution < 1.29 is 57.2 Å². The smallest absolute Gasteiger partial charge is 0.305 e. The molecule has 0 unspecified atom stereocenters. The number of carbonyl (C=O) groups excluding carboxylic acids is 6. The summed E-state index contributed by atoms with van der Waals surface area (Å²) in [5.41, 5.74) is 0. The summed E-state index contributed by atoms with van der Waals surface area (Å²) in [6.45, 7) is 2.94. The number of morpholine rings is 1. The summed E-state index contributed by atoms with van der Waals surface area (Å²) in [6, 6.07) is -1.49. The monoisotopic (exact) mass is 445 g/mol. The van der Waals surface area contributed by atoms with Gasteiger partial charge in [-0.15, -0.1) is 0 Å². The zero-order valence-electron chi connectivity index (χ0n) is 17.4. The van der Waals surface area contributed by atoms with E-state index < -0.39 is 86.2 Å². The van der Waals surface area contributed by atoms with E-state index >= 15 is 0 Å². The van der Waals surface area contributed by atoms with Crippen molar-refractivity contribution in [3.63, 3.8) is 0 Å². The van der Waals surface area contributed by atoms with E-state index in [-0.39, 0.29) is 0 Å². The first-order valence-corrected chi connectivity index (χ1v) is 9.24. The molecule has 2 fully saturated rings. The van der Waals surface area contributed by atoms with Gasteiger partial charge in [0, 0.05) is 27.7 Å². The predicted octanol–water partition coefficient (Wildman–Crippen LogP) is -1.55. The van der Waals surface area contributed by atoms with Crippen LogP contribution in [-0.2, 0) is 57.2 Å². The Hall–Kier alpha value is -3.06. The predicted molar refractivity (Wildman–Crippen MR) is 94.6 cm³/mol. The maximum Gasteiger partial charge on any atom is 0.305 e. The van der Waals surface area contributed by atoms with Gasteiger partial charge < -0.3 is 28.4 Å². The van der Waals surface area contributed by atoms with Gasteiger partial charge >= 0.3 is 23.9 Å². The molecule has 0 radical (unpaired) electrons. The van der Waals surface area contributed by atoms with E-state index in [4.69, 9.17) is 28.4 Å². The van der Waals surface area contributed by atoms with Crippen LogP contribution in [-0.4, -0.2) is 91.1 Å². The number of esters is 4. The summed E-state index contributed by atoms with van der Waals surface area (Å²) in [6.07, 6.45) is -5.75. The van der Waals surface area contributed by atoms with Gasteiger partial charge in [0.05, 0.1) is 0 Å². The largest absolute Gasteiger partial charge is 0.463 e. The van der Waals surface area contributed by atoms with Crippen molar-refractivity contribution in [2.75, 3.05) is 19.8 Å². The van der Waals surface area contributed by atoms with Crippen molar-refractivity contribution in [2.45, 2.75) is 58.3 Å². The van der Waals surface area contributed by atoms with Crippen LogP contribution in [0.5, 0.6) is 0 Å². The molecule has 2 heterocycles. The number of carbonyl (C=O) groups is 6. The van der Waals surface area contributed by atoms with E-state index in [0.717, 1.165) is 27.7 Å². The van der Waals surface area contributed by atoms with Gasteiger partial charge in [-0.3, -0.25) is 33.7 Å². The molecule has 0 saturated carbocycles. The molecule has 0 N–H and O–H groups in total. The normalized spacial score (nSPS) is 28.5. The lowest BCUT2D eigenvalue weighted by Crippen LogP contribution is -2.70. The lowest BCUT2D eigenvalue weighted by atomic mass is 9.94. The standard InChI is InChI=1S/C18H23NO12/c1-8(20)27-5-12-16(28-9(2)21)17(29-10(3)22)15(18(31-12)30-11(4)23)19-13(24)6-26-7-14(19)25/h12,15-18H,5-7H2,1-4H3/t12-,15-,16-,17-,18-/m1/s1. The van der Waals surface area contributed by atoms with Gasteiger partial charge in [0.15, 0.2) is 12.2 Å². The number of rotatable bonds is 6. The summed E-state index contributed by atoms with van der Waals surface area (Å²) >= 11 is 0. The van der Waals surface area contributed by atoms with Crippen LogP contribution in [0.4, 0.5) is 0 Å². The van der Waals surface area contributed by atoms with E-state index in [1.807, 2.05) is 0 Å². The van der Waals surface area contributed by atoms with Crippen LogP contribution < -0.4 is 0 Å². The Morgan fingerprint density at radius 1 is 0.839 bits per heavy atom. The number of nitrogens with zero attached hydrogens (tertiary/aromatic N) is 1. The fraction of sp³-hybridized carbons (Fsp3) is 0.667. The molecule has 2 amide bonds. The molecule has 13 heteroatoms. The summed E-state index contributed by atoms with van der Waals surface area (Å²) < 4.78 is 31.1. The van der Waals surface area contributed by atoms with E-state index in [9.17, 15) is 28.8 Å². The Morgan fingerprint density at radius 3 is 1.84 bits per heavy atom. The first kappa shape index (κ1) is 24.2. The molecular weight excluding hydrogens is 422 g/mol. The van der Waals surface area contributed by atoms with Crippen molar-refractivity contribution >= 4 is 35.7 Å². The van der Waals surface area contributed by atoms with Crippen molar-refractivity contribution in [1.82, 2.24) is 4.90 Å². The zero-order chi connectivity index (χ0) is 23.3. The molecule has 0 aliphatic carbocycles. The van der Waals surface area contributed by atoms with Crippen molar-refractivity contribution in [3.05, 3.63) is 0 Å². The van der Waals surface area contributed by atoms with Gasteiger partial charge in [0.2, 0.25) is 6.29 Å². The molecule has 2 rings (SSSR count). The third-order valence-electron chi connectivity index (χ3n) is 4.24. The highest BCUT2D eigenvalue weighted by atomic mass is 16.7. The molecule has 0 bridgehead atoms. The third-order valence-corrected chi connectivity index (χ3v) is 4.24. The topological polar surface area (TPSA) is 161 Å². The summed E-state index contributed by atoms with van der Waals surface area (Å²) in [5, 5.41) is 0. The van der Waals surface area contributed by atoms with Crippen LogP contribution >= 0.6 is 0 Å². The van der Waals surface area contributed by atoms with Crippen LogP contribution in [0.15, 0.2) is 0 Å². The molecule has 31 heavy (non-hydrogen) atoms. The third kappa shape index (κ3) is 6.21. The number of ether oxygens (including phenoxy) is 6. The van der Waals surface area contributed by atoms with E-state index in [1.54, 1.807) is 0 Å². The highest BCUT2D eigenvalue weighted by Gasteiger charge is 2.56. The molecule has 0 aromatic rings. The highest BCUT2D eigenvalue weighted by Crippen LogP contribution is 2.32. The van der Waals surface area contributed by atoms with Crippen LogP contribution in [0.25, 0.3) is 0 Å². The maximum absolute atomic E-state index is 12.5. The van der Waals surface area contributed by atoms with Crippen molar-refractivity contribution in [2.24, 2.45) is 0 Å². The average Bonchev–Trinajstić information content (AvgIpc) is 2.62. The molecular formula is C18H23NO12. The second-order valence-corrected chi connectivity index (χ2v) is 6.74. The summed E-state index contributed by atoms with van der Waals surface area (Å²) in [7, 11) is 0. The highest BCUT2D eigenvalue weighted by molar-refractivity contribution is 5.98. The molecule has 2 aliphatic heterocycles. The lowest BCUT2D eigenvalue weighted by Gasteiger charge is -2.47. The Labute approximate surface area is 176 Å². The summed E-state index contributed by atoms with van der Waals surface area (Å²) in [4.78, 5) is 72.1. The number of amides is 2. The molecule has 2 saturated heterocycles. The molecule has 0 aromatic carbocycles. The van der Waals surface area contributed by atoms with Gasteiger partial charge in [-0.1, -0.05) is 0 Å². The lowest BCUT2D eigenvalue weighted by molar-refractivity contribution is -0.283. The van der Waals surface area contributed by atoms with Gasteiger partial charge in [-0.2, -0.15) is 0 Å². The Morgan fingerprint density at radius 2 is 1.35 bits per heavy atom. The molecule has 2 aliphatic rings. The molecule has 0 aromatic heterocycles. The van der Waals surface area contributed by atoms with Crippen LogP contribution in [0.3, 0.4) is 0 Å². The second kappa shape index (κ2) is 10.3. The van der Waals surface area contributed by atoms with Gasteiger partial charge in [-0.25, -0.2) is 0 Å². The number of hydrogen-bond acceptors (Lipinski definition) is 12. The number of hydrogen-bond donors (Lipinski definition) is 0.